The predicted molar refractivity (Wildman–Crippen MR) is 65.3 cm³/mol. The van der Waals surface area contributed by atoms with Gasteiger partial charge >= 0.3 is 0 Å². The van der Waals surface area contributed by atoms with Crippen LogP contribution in [-0.2, 0) is 14.3 Å². The minimum atomic E-state index is -1.23. The van der Waals surface area contributed by atoms with E-state index in [2.05, 4.69) is 4.98 Å². The molecule has 1 aromatic rings. The van der Waals surface area contributed by atoms with Crippen molar-refractivity contribution in [3.8, 4) is 0 Å². The molecule has 0 radical (unpaired) electrons. The Morgan fingerprint density at radius 2 is 2.40 bits per heavy atom. The molecule has 3 aliphatic heterocycles. The lowest BCUT2D eigenvalue weighted by molar-refractivity contribution is -0.313. The van der Waals surface area contributed by atoms with Crippen molar-refractivity contribution in [2.24, 2.45) is 11.8 Å². The van der Waals surface area contributed by atoms with E-state index in [-0.39, 0.29) is 5.91 Å². The van der Waals surface area contributed by atoms with E-state index < -0.39 is 29.5 Å². The van der Waals surface area contributed by atoms with Crippen molar-refractivity contribution in [1.29, 1.82) is 0 Å². The molecule has 0 N–H and O–H groups in total. The van der Waals surface area contributed by atoms with Gasteiger partial charge in [-0.2, -0.15) is 0 Å². The zero-order valence-electron chi connectivity index (χ0n) is 10.4. The van der Waals surface area contributed by atoms with Crippen molar-refractivity contribution < 1.29 is 19.4 Å². The zero-order chi connectivity index (χ0) is 13.9. The molecule has 20 heavy (non-hydrogen) atoms. The Morgan fingerprint density at radius 1 is 1.55 bits per heavy atom. The molecule has 4 atom stereocenters. The fraction of sp³-hybridized carbons (Fsp3) is 0.357. The molecule has 1 spiro atoms. The number of carboxylic acids is 1. The molecule has 1 amide bonds. The number of hydrogen-bond donors (Lipinski definition) is 0. The van der Waals surface area contributed by atoms with E-state index >= 15 is 0 Å². The minimum absolute atomic E-state index is 0.237. The van der Waals surface area contributed by atoms with Crippen molar-refractivity contribution in [2.45, 2.75) is 11.7 Å². The van der Waals surface area contributed by atoms with Crippen LogP contribution < -0.4 is 10.0 Å². The summed E-state index contributed by atoms with van der Waals surface area (Å²) in [5, 5.41) is 11.3. The first-order valence-electron chi connectivity index (χ1n) is 6.42. The van der Waals surface area contributed by atoms with E-state index in [9.17, 15) is 14.7 Å². The van der Waals surface area contributed by atoms with Crippen LogP contribution in [0.3, 0.4) is 0 Å². The highest BCUT2D eigenvalue weighted by atomic mass is 16.5. The van der Waals surface area contributed by atoms with Gasteiger partial charge in [0.05, 0.1) is 30.5 Å². The molecule has 2 fully saturated rings. The number of nitrogens with zero attached hydrogens (tertiary/aromatic N) is 2. The SMILES string of the molecule is O=C([O-])[C@H]1[C@H]2C=C[C@]3(CN(c4cccnc4)C(=O)[C@@H]13)O2. The number of amides is 1. The number of pyridine rings is 1. The zero-order valence-corrected chi connectivity index (χ0v) is 10.4. The maximum atomic E-state index is 12.6. The van der Waals surface area contributed by atoms with Crippen molar-refractivity contribution in [3.63, 3.8) is 0 Å². The number of fused-ring (bicyclic) bond motifs is 1. The summed E-state index contributed by atoms with van der Waals surface area (Å²) in [5.41, 5.74) is -0.179. The van der Waals surface area contributed by atoms with Crippen LogP contribution in [0.15, 0.2) is 36.7 Å². The maximum absolute atomic E-state index is 12.6. The molecule has 2 saturated heterocycles. The van der Waals surface area contributed by atoms with Gasteiger partial charge in [-0.15, -0.1) is 0 Å². The molecule has 0 saturated carbocycles. The normalized spacial score (nSPS) is 37.5. The summed E-state index contributed by atoms with van der Waals surface area (Å²) in [7, 11) is 0. The van der Waals surface area contributed by atoms with Crippen LogP contribution in [0, 0.1) is 11.8 Å². The van der Waals surface area contributed by atoms with Crippen molar-refractivity contribution >= 4 is 17.6 Å². The highest BCUT2D eigenvalue weighted by molar-refractivity contribution is 6.02. The van der Waals surface area contributed by atoms with Crippen molar-refractivity contribution in [3.05, 3.63) is 36.7 Å². The number of carbonyl (C=O) groups excluding carboxylic acids is 2. The minimum Gasteiger partial charge on any atom is -0.550 e. The van der Waals surface area contributed by atoms with Gasteiger partial charge in [0.2, 0.25) is 5.91 Å². The Bertz CT molecular complexity index is 629. The summed E-state index contributed by atoms with van der Waals surface area (Å²) >= 11 is 0. The lowest BCUT2D eigenvalue weighted by Gasteiger charge is -2.24. The highest BCUT2D eigenvalue weighted by Gasteiger charge is 2.65. The smallest absolute Gasteiger partial charge is 0.234 e. The molecular formula is C14H11N2O4-. The van der Waals surface area contributed by atoms with Gasteiger partial charge in [0, 0.05) is 18.1 Å². The number of anilines is 1. The summed E-state index contributed by atoms with van der Waals surface area (Å²) in [6.45, 7) is 0.318. The fourth-order valence-corrected chi connectivity index (χ4v) is 3.50. The molecule has 4 rings (SSSR count). The number of carbonyl (C=O) groups is 2. The molecule has 6 heteroatoms. The van der Waals surface area contributed by atoms with Crippen LogP contribution in [-0.4, -0.2) is 35.1 Å². The van der Waals surface area contributed by atoms with Gasteiger partial charge in [-0.25, -0.2) is 0 Å². The molecule has 3 aliphatic rings. The Kier molecular flexibility index (Phi) is 2.13. The molecule has 2 bridgehead atoms. The van der Waals surface area contributed by atoms with Gasteiger partial charge in [-0.05, 0) is 12.1 Å². The number of rotatable bonds is 2. The summed E-state index contributed by atoms with van der Waals surface area (Å²) in [6, 6.07) is 3.51. The van der Waals surface area contributed by atoms with Crippen LogP contribution in [0.1, 0.15) is 0 Å². The third-order valence-electron chi connectivity index (χ3n) is 4.33. The van der Waals surface area contributed by atoms with E-state index in [1.807, 2.05) is 6.08 Å². The van der Waals surface area contributed by atoms with E-state index in [1.54, 1.807) is 35.5 Å². The molecule has 0 unspecified atom stereocenters. The molecule has 0 aliphatic carbocycles. The summed E-state index contributed by atoms with van der Waals surface area (Å²) in [4.78, 5) is 29.4. The highest BCUT2D eigenvalue weighted by Crippen LogP contribution is 2.52. The lowest BCUT2D eigenvalue weighted by Crippen LogP contribution is -2.45. The van der Waals surface area contributed by atoms with Crippen LogP contribution >= 0.6 is 0 Å². The lowest BCUT2D eigenvalue weighted by atomic mass is 9.77. The number of aromatic nitrogens is 1. The van der Waals surface area contributed by atoms with Crippen molar-refractivity contribution in [1.82, 2.24) is 4.98 Å². The maximum Gasteiger partial charge on any atom is 0.234 e. The van der Waals surface area contributed by atoms with E-state index in [0.717, 1.165) is 0 Å². The summed E-state index contributed by atoms with van der Waals surface area (Å²) < 4.78 is 5.77. The number of hydrogen-bond acceptors (Lipinski definition) is 5. The molecular weight excluding hydrogens is 260 g/mol. The van der Waals surface area contributed by atoms with Crippen LogP contribution in [0.25, 0.3) is 0 Å². The average molecular weight is 271 g/mol. The quantitative estimate of drug-likeness (QED) is 0.652. The first-order valence-corrected chi connectivity index (χ1v) is 6.42. The van der Waals surface area contributed by atoms with Gasteiger partial charge in [-0.3, -0.25) is 9.78 Å². The van der Waals surface area contributed by atoms with Crippen molar-refractivity contribution in [2.75, 3.05) is 11.4 Å². The van der Waals surface area contributed by atoms with Gasteiger partial charge in [0.1, 0.15) is 5.60 Å². The van der Waals surface area contributed by atoms with Crippen LogP contribution in [0.4, 0.5) is 5.69 Å². The summed E-state index contributed by atoms with van der Waals surface area (Å²) in [6.07, 6.45) is 6.19. The Morgan fingerprint density at radius 3 is 3.10 bits per heavy atom. The monoisotopic (exact) mass is 271 g/mol. The third kappa shape index (κ3) is 1.29. The predicted octanol–water partition coefficient (Wildman–Crippen LogP) is -0.882. The largest absolute Gasteiger partial charge is 0.550 e. The number of carboxylic acid groups (broad SMARTS) is 1. The topological polar surface area (TPSA) is 82.6 Å². The summed E-state index contributed by atoms with van der Waals surface area (Å²) in [5.74, 6) is -3.08. The van der Waals surface area contributed by atoms with Crippen LogP contribution in [0.2, 0.25) is 0 Å². The number of aliphatic carboxylic acids is 1. The van der Waals surface area contributed by atoms with Gasteiger partial charge in [0.15, 0.2) is 0 Å². The second kappa shape index (κ2) is 3.67. The first-order chi connectivity index (χ1) is 9.62. The Hall–Kier alpha value is -2.21. The average Bonchev–Trinajstić information content (AvgIpc) is 3.08. The molecule has 1 aromatic heterocycles. The second-order valence-corrected chi connectivity index (χ2v) is 5.35. The standard InChI is InChI=1S/C14H12N2O4/c17-12-11-10(13(18)19)9-3-4-14(11,20-9)7-16(12)8-2-1-5-15-6-8/h1-6,9-11H,7H2,(H,18,19)/p-1/t9-,10+,11-,14-/m1/s1. The van der Waals surface area contributed by atoms with E-state index in [4.69, 9.17) is 4.74 Å². The molecule has 102 valence electrons. The number of ether oxygens (including phenoxy) is 1. The second-order valence-electron chi connectivity index (χ2n) is 5.35. The van der Waals surface area contributed by atoms with Gasteiger partial charge in [0.25, 0.3) is 0 Å². The third-order valence-corrected chi connectivity index (χ3v) is 4.33. The molecule has 4 heterocycles. The molecule has 6 nitrogen and oxygen atoms in total. The Balaban J connectivity index is 1.76. The van der Waals surface area contributed by atoms with E-state index in [0.29, 0.717) is 12.2 Å². The Labute approximate surface area is 114 Å². The van der Waals surface area contributed by atoms with Gasteiger partial charge < -0.3 is 19.5 Å². The van der Waals surface area contributed by atoms with E-state index in [1.165, 1.54) is 0 Å². The first kappa shape index (κ1) is 11.6. The fourth-order valence-electron chi connectivity index (χ4n) is 3.50. The molecule has 0 aromatic carbocycles. The van der Waals surface area contributed by atoms with Crippen LogP contribution in [0.5, 0.6) is 0 Å². The van der Waals surface area contributed by atoms with Gasteiger partial charge in [-0.1, -0.05) is 12.2 Å².